The fraction of sp³-hybridized carbons (Fsp3) is 0.955. The first-order valence-corrected chi connectivity index (χ1v) is 22.1. The van der Waals surface area contributed by atoms with Gasteiger partial charge in [0.25, 0.3) is 0 Å². The van der Waals surface area contributed by atoms with Crippen LogP contribution in [-0.4, -0.2) is 11.9 Å². The highest BCUT2D eigenvalue weighted by Crippen LogP contribution is 2.22. The first-order chi connectivity index (χ1) is 24.0. The van der Waals surface area contributed by atoms with Crippen molar-refractivity contribution in [2.45, 2.75) is 259 Å². The van der Waals surface area contributed by atoms with E-state index in [0.717, 1.165) is 57.8 Å². The summed E-state index contributed by atoms with van der Waals surface area (Å²) in [6.45, 7) is 9.07. The molecule has 0 saturated carbocycles. The van der Waals surface area contributed by atoms with Gasteiger partial charge in [0.2, 0.25) is 0 Å². The van der Waals surface area contributed by atoms with Crippen molar-refractivity contribution >= 4 is 11.9 Å². The Morgan fingerprint density at radius 2 is 0.694 bits per heavy atom. The van der Waals surface area contributed by atoms with Gasteiger partial charge in [0.15, 0.2) is 0 Å². The van der Waals surface area contributed by atoms with Crippen LogP contribution < -0.4 is 0 Å². The van der Waals surface area contributed by atoms with E-state index in [4.69, 9.17) is 14.8 Å². The Labute approximate surface area is 306 Å². The molecular formula is C44H86O5. The van der Waals surface area contributed by atoms with E-state index in [1.54, 1.807) is 0 Å². The molecule has 0 rings (SSSR count). The van der Waals surface area contributed by atoms with Crippen LogP contribution in [0.15, 0.2) is 0 Å². The Morgan fingerprint density at radius 1 is 0.388 bits per heavy atom. The number of hydrogen-bond donors (Lipinski definition) is 0. The normalized spacial score (nSPS) is 12.1. The van der Waals surface area contributed by atoms with E-state index in [0.29, 0.717) is 12.3 Å². The molecule has 5 heteroatoms. The van der Waals surface area contributed by atoms with Crippen molar-refractivity contribution in [2.24, 2.45) is 11.8 Å². The Hall–Kier alpha value is -1.10. The standard InChI is InChI=1S/C44H86O5/c1-5-7-9-11-13-15-17-19-21-23-25-27-29-31-36-40-43(45)47-49-48-44(46)42(39-35-32-33-37-41(3)4)38-34-30-28-26-24-22-20-18-16-14-12-10-8-6-2/h41-42H,5-40H2,1-4H3. The summed E-state index contributed by atoms with van der Waals surface area (Å²) in [4.78, 5) is 34.7. The van der Waals surface area contributed by atoms with Crippen molar-refractivity contribution in [3.8, 4) is 0 Å². The zero-order chi connectivity index (χ0) is 35.9. The summed E-state index contributed by atoms with van der Waals surface area (Å²) in [5.41, 5.74) is 0. The molecular weight excluding hydrogens is 608 g/mol. The van der Waals surface area contributed by atoms with Gasteiger partial charge in [-0.3, -0.25) is 9.78 Å². The molecule has 0 radical (unpaired) electrons. The first kappa shape index (κ1) is 47.9. The van der Waals surface area contributed by atoms with Crippen molar-refractivity contribution in [3.63, 3.8) is 0 Å². The molecule has 0 aliphatic carbocycles. The summed E-state index contributed by atoms with van der Waals surface area (Å²) in [6, 6.07) is 0. The molecule has 0 fully saturated rings. The molecule has 0 aliphatic heterocycles. The molecule has 0 amide bonds. The third-order valence-electron chi connectivity index (χ3n) is 10.3. The maximum absolute atomic E-state index is 12.8. The lowest BCUT2D eigenvalue weighted by atomic mass is 9.94. The van der Waals surface area contributed by atoms with Gasteiger partial charge in [-0.15, -0.1) is 0 Å². The molecule has 0 spiro atoms. The van der Waals surface area contributed by atoms with Crippen LogP contribution in [0.2, 0.25) is 0 Å². The van der Waals surface area contributed by atoms with Gasteiger partial charge in [0.1, 0.15) is 0 Å². The van der Waals surface area contributed by atoms with Crippen LogP contribution >= 0.6 is 0 Å². The molecule has 5 nitrogen and oxygen atoms in total. The van der Waals surface area contributed by atoms with Gasteiger partial charge in [-0.05, 0) is 25.2 Å². The molecule has 0 N–H and O–H groups in total. The van der Waals surface area contributed by atoms with E-state index in [1.165, 1.54) is 167 Å². The molecule has 49 heavy (non-hydrogen) atoms. The maximum atomic E-state index is 12.8. The van der Waals surface area contributed by atoms with Crippen LogP contribution in [0.3, 0.4) is 0 Å². The molecule has 292 valence electrons. The number of carbonyl (C=O) groups excluding carboxylic acids is 2. The average molecular weight is 695 g/mol. The topological polar surface area (TPSA) is 61.8 Å². The number of hydrogen-bond acceptors (Lipinski definition) is 5. The van der Waals surface area contributed by atoms with Crippen molar-refractivity contribution in [2.75, 3.05) is 0 Å². The SMILES string of the molecule is CCCCCCCCCCCCCCCCCC(=O)OOOC(=O)C(CCCCCCCCCCCCCCCC)CCCCCC(C)C. The van der Waals surface area contributed by atoms with Gasteiger partial charge in [-0.2, -0.15) is 0 Å². The minimum absolute atomic E-state index is 0.189. The van der Waals surface area contributed by atoms with E-state index in [-0.39, 0.29) is 5.92 Å². The molecule has 0 aliphatic rings. The van der Waals surface area contributed by atoms with Crippen molar-refractivity contribution < 1.29 is 24.4 Å². The first-order valence-electron chi connectivity index (χ1n) is 22.1. The van der Waals surface area contributed by atoms with Crippen LogP contribution in [0, 0.1) is 11.8 Å². The van der Waals surface area contributed by atoms with E-state index >= 15 is 0 Å². The highest BCUT2D eigenvalue weighted by molar-refractivity contribution is 5.72. The van der Waals surface area contributed by atoms with Gasteiger partial charge in [-0.1, -0.05) is 233 Å². The molecule has 0 aromatic rings. The maximum Gasteiger partial charge on any atom is 0.349 e. The second kappa shape index (κ2) is 39.7. The van der Waals surface area contributed by atoms with E-state index in [2.05, 4.69) is 27.7 Å². The van der Waals surface area contributed by atoms with E-state index < -0.39 is 11.9 Å². The molecule has 0 aromatic carbocycles. The van der Waals surface area contributed by atoms with E-state index in [9.17, 15) is 9.59 Å². The predicted molar refractivity (Wildman–Crippen MR) is 209 cm³/mol. The lowest BCUT2D eigenvalue weighted by Gasteiger charge is -2.14. The third-order valence-corrected chi connectivity index (χ3v) is 10.3. The van der Waals surface area contributed by atoms with Gasteiger partial charge in [0, 0.05) is 11.5 Å². The number of unbranched alkanes of at least 4 members (excludes halogenated alkanes) is 29. The van der Waals surface area contributed by atoms with Gasteiger partial charge >= 0.3 is 11.9 Å². The molecule has 0 bridgehead atoms. The zero-order valence-electron chi connectivity index (χ0n) is 33.7. The van der Waals surface area contributed by atoms with Crippen molar-refractivity contribution in [3.05, 3.63) is 0 Å². The van der Waals surface area contributed by atoms with Crippen molar-refractivity contribution in [1.82, 2.24) is 0 Å². The van der Waals surface area contributed by atoms with Crippen LogP contribution in [-0.2, 0) is 24.4 Å². The van der Waals surface area contributed by atoms with Gasteiger partial charge in [0.05, 0.1) is 5.92 Å². The molecule has 0 aromatic heterocycles. The lowest BCUT2D eigenvalue weighted by molar-refractivity contribution is -0.460. The lowest BCUT2D eigenvalue weighted by Crippen LogP contribution is -2.19. The molecule has 0 saturated heterocycles. The molecule has 1 unspecified atom stereocenters. The molecule has 0 heterocycles. The Morgan fingerprint density at radius 3 is 1.06 bits per heavy atom. The van der Waals surface area contributed by atoms with Crippen LogP contribution in [0.5, 0.6) is 0 Å². The summed E-state index contributed by atoms with van der Waals surface area (Å²) in [6.07, 6.45) is 44.3. The zero-order valence-corrected chi connectivity index (χ0v) is 33.7. The quantitative estimate of drug-likeness (QED) is 0.0363. The second-order valence-corrected chi connectivity index (χ2v) is 15.7. The van der Waals surface area contributed by atoms with Crippen LogP contribution in [0.1, 0.15) is 259 Å². The largest absolute Gasteiger partial charge is 0.349 e. The van der Waals surface area contributed by atoms with Gasteiger partial charge in [-0.25, -0.2) is 9.59 Å². The minimum Gasteiger partial charge on any atom is -0.260 e. The Kier molecular flexibility index (Phi) is 38.8. The van der Waals surface area contributed by atoms with Crippen molar-refractivity contribution in [1.29, 1.82) is 0 Å². The smallest absolute Gasteiger partial charge is 0.260 e. The highest BCUT2D eigenvalue weighted by atomic mass is 17.5. The summed E-state index contributed by atoms with van der Waals surface area (Å²) in [5, 5.41) is 4.70. The fourth-order valence-electron chi connectivity index (χ4n) is 6.92. The molecule has 1 atom stereocenters. The highest BCUT2D eigenvalue weighted by Gasteiger charge is 2.21. The summed E-state index contributed by atoms with van der Waals surface area (Å²) >= 11 is 0. The van der Waals surface area contributed by atoms with E-state index in [1.807, 2.05) is 0 Å². The predicted octanol–water partition coefficient (Wildman–Crippen LogP) is 15.3. The minimum atomic E-state index is -0.459. The summed E-state index contributed by atoms with van der Waals surface area (Å²) in [7, 11) is 0. The third kappa shape index (κ3) is 38.0. The second-order valence-electron chi connectivity index (χ2n) is 15.7. The number of carbonyl (C=O) groups is 2. The Balaban J connectivity index is 3.95. The summed E-state index contributed by atoms with van der Waals surface area (Å²) in [5.74, 6) is -0.322. The van der Waals surface area contributed by atoms with Crippen LogP contribution in [0.25, 0.3) is 0 Å². The number of rotatable bonds is 40. The van der Waals surface area contributed by atoms with Crippen LogP contribution in [0.4, 0.5) is 0 Å². The Bertz CT molecular complexity index is 678. The fourth-order valence-corrected chi connectivity index (χ4v) is 6.92. The van der Waals surface area contributed by atoms with Gasteiger partial charge < -0.3 is 0 Å². The monoisotopic (exact) mass is 695 g/mol. The average Bonchev–Trinajstić information content (AvgIpc) is 3.08. The summed E-state index contributed by atoms with van der Waals surface area (Å²) < 4.78 is 0.